The summed E-state index contributed by atoms with van der Waals surface area (Å²) in [5.74, 6) is 0.499. The number of hydrogen-bond donors (Lipinski definition) is 2. The molecule has 0 aliphatic carbocycles. The van der Waals surface area contributed by atoms with Crippen molar-refractivity contribution in [1.29, 1.82) is 0 Å². The molecule has 102 valence electrons. The van der Waals surface area contributed by atoms with Gasteiger partial charge < -0.3 is 4.57 Å². The van der Waals surface area contributed by atoms with Crippen LogP contribution >= 0.6 is 12.2 Å². The molecule has 2 N–H and O–H groups in total. The quantitative estimate of drug-likeness (QED) is 0.653. The van der Waals surface area contributed by atoms with Gasteiger partial charge in [0.25, 0.3) is 5.56 Å². The number of aromatic amines is 2. The fraction of sp³-hybridized carbons (Fsp3) is 0.462. The van der Waals surface area contributed by atoms with Gasteiger partial charge in [0, 0.05) is 12.2 Å². The van der Waals surface area contributed by atoms with Gasteiger partial charge in [0.2, 0.25) is 4.77 Å². The molecule has 0 saturated heterocycles. The van der Waals surface area contributed by atoms with E-state index >= 15 is 0 Å². The minimum atomic E-state index is -0.0196. The number of nitrogens with zero attached hydrogens (tertiary/aromatic N) is 2. The van der Waals surface area contributed by atoms with Crippen molar-refractivity contribution >= 4 is 12.2 Å². The Morgan fingerprint density at radius 2 is 2.11 bits per heavy atom. The molecule has 0 radical (unpaired) electrons. The maximum atomic E-state index is 12.4. The highest BCUT2D eigenvalue weighted by molar-refractivity contribution is 7.71. The summed E-state index contributed by atoms with van der Waals surface area (Å²) in [7, 11) is 0. The summed E-state index contributed by atoms with van der Waals surface area (Å²) >= 11 is 4.91. The average Bonchev–Trinajstić information content (AvgIpc) is 2.80. The molecule has 19 heavy (non-hydrogen) atoms. The molecular weight excluding hydrogens is 260 g/mol. The molecule has 5 nitrogen and oxygen atoms in total. The first-order chi connectivity index (χ1) is 9.13. The molecule has 0 aromatic carbocycles. The smallest absolute Gasteiger partial charge is 0.261 e. The standard InChI is InChI=1S/C13H18N4OS/c1-3-4-5-8-17-9(2)6-7-10(12(17)18)11-14-13(19)16-15-11/h6-7H,3-5,8H2,1-2H3,(H2,14,15,16,19). The Kier molecular flexibility index (Phi) is 4.31. The number of H-pyrrole nitrogens is 2. The average molecular weight is 278 g/mol. The van der Waals surface area contributed by atoms with Gasteiger partial charge in [-0.05, 0) is 37.7 Å². The first-order valence-electron chi connectivity index (χ1n) is 6.49. The summed E-state index contributed by atoms with van der Waals surface area (Å²) in [5, 5.41) is 5.53. The molecule has 0 amide bonds. The Labute approximate surface area is 116 Å². The molecular formula is C13H18N4OS. The van der Waals surface area contributed by atoms with Gasteiger partial charge in [0.05, 0.1) is 5.56 Å². The van der Waals surface area contributed by atoms with Crippen LogP contribution in [0.4, 0.5) is 0 Å². The molecule has 0 atom stereocenters. The lowest BCUT2D eigenvalue weighted by Crippen LogP contribution is -2.24. The Balaban J connectivity index is 2.39. The molecule has 0 bridgehead atoms. The van der Waals surface area contributed by atoms with Crippen LogP contribution < -0.4 is 5.56 Å². The SMILES string of the molecule is CCCCCn1c(C)ccc(-c2nc(=S)[nH][nH]2)c1=O. The van der Waals surface area contributed by atoms with Gasteiger partial charge in [-0.2, -0.15) is 4.98 Å². The molecule has 2 heterocycles. The zero-order valence-corrected chi connectivity index (χ0v) is 12.0. The van der Waals surface area contributed by atoms with Crippen molar-refractivity contribution in [3.05, 3.63) is 33.0 Å². The maximum absolute atomic E-state index is 12.4. The third-order valence-electron chi connectivity index (χ3n) is 3.13. The summed E-state index contributed by atoms with van der Waals surface area (Å²) in [6.45, 7) is 4.84. The highest BCUT2D eigenvalue weighted by Gasteiger charge is 2.10. The van der Waals surface area contributed by atoms with Crippen LogP contribution in [-0.4, -0.2) is 19.7 Å². The van der Waals surface area contributed by atoms with Crippen molar-refractivity contribution in [2.24, 2.45) is 0 Å². The van der Waals surface area contributed by atoms with Crippen LogP contribution in [0.2, 0.25) is 0 Å². The van der Waals surface area contributed by atoms with Crippen LogP contribution in [0.15, 0.2) is 16.9 Å². The van der Waals surface area contributed by atoms with E-state index in [4.69, 9.17) is 12.2 Å². The predicted molar refractivity (Wildman–Crippen MR) is 77.7 cm³/mol. The highest BCUT2D eigenvalue weighted by Crippen LogP contribution is 2.10. The minimum Gasteiger partial charge on any atom is -0.312 e. The van der Waals surface area contributed by atoms with Crippen molar-refractivity contribution < 1.29 is 0 Å². The van der Waals surface area contributed by atoms with Crippen LogP contribution in [-0.2, 0) is 6.54 Å². The van der Waals surface area contributed by atoms with E-state index in [1.165, 1.54) is 0 Å². The third kappa shape index (κ3) is 3.01. The summed E-state index contributed by atoms with van der Waals surface area (Å²) in [6.07, 6.45) is 3.28. The van der Waals surface area contributed by atoms with Crippen molar-refractivity contribution in [3.63, 3.8) is 0 Å². The monoisotopic (exact) mass is 278 g/mol. The molecule has 0 spiro atoms. The van der Waals surface area contributed by atoms with Gasteiger partial charge in [-0.25, -0.2) is 0 Å². The van der Waals surface area contributed by atoms with Gasteiger partial charge in [0.1, 0.15) is 0 Å². The van der Waals surface area contributed by atoms with Gasteiger partial charge >= 0.3 is 0 Å². The number of hydrogen-bond acceptors (Lipinski definition) is 3. The molecule has 0 saturated carbocycles. The number of aryl methyl sites for hydroxylation is 1. The Hall–Kier alpha value is -1.69. The zero-order chi connectivity index (χ0) is 13.8. The van der Waals surface area contributed by atoms with E-state index in [1.54, 1.807) is 10.6 Å². The van der Waals surface area contributed by atoms with Crippen LogP contribution in [0.5, 0.6) is 0 Å². The van der Waals surface area contributed by atoms with Crippen LogP contribution in [0.3, 0.4) is 0 Å². The van der Waals surface area contributed by atoms with Gasteiger partial charge in [-0.1, -0.05) is 19.8 Å². The zero-order valence-electron chi connectivity index (χ0n) is 11.2. The normalized spacial score (nSPS) is 10.8. The van der Waals surface area contributed by atoms with Crippen molar-refractivity contribution in [2.75, 3.05) is 0 Å². The van der Waals surface area contributed by atoms with E-state index in [9.17, 15) is 4.79 Å². The number of pyridine rings is 1. The van der Waals surface area contributed by atoms with Crippen molar-refractivity contribution in [2.45, 2.75) is 39.7 Å². The minimum absolute atomic E-state index is 0.0196. The van der Waals surface area contributed by atoms with E-state index in [0.717, 1.165) is 31.5 Å². The lowest BCUT2D eigenvalue weighted by Gasteiger charge is -2.10. The van der Waals surface area contributed by atoms with Gasteiger partial charge in [-0.3, -0.25) is 15.0 Å². The van der Waals surface area contributed by atoms with Crippen LogP contribution in [0.1, 0.15) is 31.9 Å². The third-order valence-corrected chi connectivity index (χ3v) is 3.33. The topological polar surface area (TPSA) is 66.5 Å². The first kappa shape index (κ1) is 13.7. The number of nitrogens with one attached hydrogen (secondary N) is 2. The molecule has 6 heteroatoms. The highest BCUT2D eigenvalue weighted by atomic mass is 32.1. The lowest BCUT2D eigenvalue weighted by atomic mass is 10.2. The van der Waals surface area contributed by atoms with E-state index < -0.39 is 0 Å². The maximum Gasteiger partial charge on any atom is 0.261 e. The second-order valence-corrected chi connectivity index (χ2v) is 4.95. The van der Waals surface area contributed by atoms with E-state index in [1.807, 2.05) is 13.0 Å². The van der Waals surface area contributed by atoms with E-state index in [-0.39, 0.29) is 5.56 Å². The summed E-state index contributed by atoms with van der Waals surface area (Å²) in [6, 6.07) is 3.73. The number of aromatic nitrogens is 4. The van der Waals surface area contributed by atoms with Crippen molar-refractivity contribution in [1.82, 2.24) is 19.7 Å². The Bertz CT molecular complexity index is 668. The van der Waals surface area contributed by atoms with E-state index in [2.05, 4.69) is 22.1 Å². The summed E-state index contributed by atoms with van der Waals surface area (Å²) in [5.41, 5.74) is 1.50. The van der Waals surface area contributed by atoms with Gasteiger partial charge in [0.15, 0.2) is 5.82 Å². The molecule has 0 aliphatic heterocycles. The van der Waals surface area contributed by atoms with Gasteiger partial charge in [-0.15, -0.1) is 0 Å². The molecule has 0 fully saturated rings. The number of unbranched alkanes of at least 4 members (excludes halogenated alkanes) is 2. The van der Waals surface area contributed by atoms with Crippen LogP contribution in [0.25, 0.3) is 11.4 Å². The number of rotatable bonds is 5. The largest absolute Gasteiger partial charge is 0.312 e. The molecule has 0 unspecified atom stereocenters. The second-order valence-electron chi connectivity index (χ2n) is 4.57. The Morgan fingerprint density at radius 1 is 1.32 bits per heavy atom. The van der Waals surface area contributed by atoms with Crippen molar-refractivity contribution in [3.8, 4) is 11.4 Å². The predicted octanol–water partition coefficient (Wildman–Crippen LogP) is 2.79. The summed E-state index contributed by atoms with van der Waals surface area (Å²) in [4.78, 5) is 16.5. The first-order valence-corrected chi connectivity index (χ1v) is 6.89. The van der Waals surface area contributed by atoms with E-state index in [0.29, 0.717) is 16.2 Å². The van der Waals surface area contributed by atoms with Crippen LogP contribution in [0, 0.1) is 11.7 Å². The lowest BCUT2D eigenvalue weighted by molar-refractivity contribution is 0.577. The summed E-state index contributed by atoms with van der Waals surface area (Å²) < 4.78 is 2.16. The molecule has 2 rings (SSSR count). The second kappa shape index (κ2) is 5.97. The molecule has 2 aromatic rings. The fourth-order valence-corrected chi connectivity index (χ4v) is 2.19. The molecule has 0 aliphatic rings. The Morgan fingerprint density at radius 3 is 2.74 bits per heavy atom. The fourth-order valence-electron chi connectivity index (χ4n) is 2.05. The molecule has 2 aromatic heterocycles.